The van der Waals surface area contributed by atoms with E-state index >= 15 is 0 Å². The van der Waals surface area contributed by atoms with Crippen molar-refractivity contribution in [3.8, 4) is 23.1 Å². The Balaban J connectivity index is 1.61. The minimum atomic E-state index is -3.17. The van der Waals surface area contributed by atoms with Crippen LogP contribution in [0.25, 0.3) is 11.1 Å². The van der Waals surface area contributed by atoms with Gasteiger partial charge in [0, 0.05) is 25.3 Å². The van der Waals surface area contributed by atoms with Crippen LogP contribution in [0.1, 0.15) is 0 Å². The van der Waals surface area contributed by atoms with Crippen molar-refractivity contribution in [1.82, 2.24) is 4.90 Å². The van der Waals surface area contributed by atoms with Crippen LogP contribution in [0.4, 0.5) is 0 Å². The van der Waals surface area contributed by atoms with Gasteiger partial charge in [-0.25, -0.2) is 8.42 Å². The van der Waals surface area contributed by atoms with Gasteiger partial charge in [0.25, 0.3) is 0 Å². The van der Waals surface area contributed by atoms with E-state index in [-0.39, 0.29) is 0 Å². The van der Waals surface area contributed by atoms with Crippen LogP contribution in [0, 0.1) is 17.4 Å². The van der Waals surface area contributed by atoms with E-state index in [1.807, 2.05) is 24.3 Å². The second-order valence-electron chi connectivity index (χ2n) is 6.00. The van der Waals surface area contributed by atoms with Gasteiger partial charge in [-0.15, -0.1) is 0 Å². The maximum absolute atomic E-state index is 11.5. The van der Waals surface area contributed by atoms with Crippen molar-refractivity contribution in [3.05, 3.63) is 48.5 Å². The minimum absolute atomic E-state index is 0.318. The number of likely N-dealkylation sites (tertiary alicyclic amines) is 1. The van der Waals surface area contributed by atoms with Crippen molar-refractivity contribution in [3.63, 3.8) is 0 Å². The monoisotopic (exact) mass is 342 g/mol. The van der Waals surface area contributed by atoms with Gasteiger partial charge >= 0.3 is 0 Å². The molecule has 0 spiro atoms. The summed E-state index contributed by atoms with van der Waals surface area (Å²) in [6.07, 6.45) is 3.31. The molecule has 0 aliphatic carbocycles. The summed E-state index contributed by atoms with van der Waals surface area (Å²) in [6, 6.07) is 14.6. The summed E-state index contributed by atoms with van der Waals surface area (Å²) in [5.41, 5.74) is 1.96. The van der Waals surface area contributed by atoms with Crippen molar-refractivity contribution in [2.24, 2.45) is 5.92 Å². The highest BCUT2D eigenvalue weighted by molar-refractivity contribution is 7.90. The fraction of sp³-hybridized carbons (Fsp3) is 0.278. The van der Waals surface area contributed by atoms with E-state index < -0.39 is 9.84 Å². The van der Waals surface area contributed by atoms with Crippen LogP contribution in [-0.2, 0) is 9.84 Å². The van der Waals surface area contributed by atoms with Crippen molar-refractivity contribution < 1.29 is 13.2 Å². The average molecular weight is 342 g/mol. The van der Waals surface area contributed by atoms with Gasteiger partial charge in [-0.2, -0.15) is 5.26 Å². The van der Waals surface area contributed by atoms with Crippen LogP contribution in [0.5, 0.6) is 5.75 Å². The number of hydrogen-bond donors (Lipinski definition) is 0. The maximum Gasteiger partial charge on any atom is 0.179 e. The molecule has 0 saturated carbocycles. The average Bonchev–Trinajstić information content (AvgIpc) is 2.53. The minimum Gasteiger partial charge on any atom is -0.493 e. The number of nitriles is 1. The number of hydrogen-bond acceptors (Lipinski definition) is 5. The van der Waals surface area contributed by atoms with Crippen LogP contribution in [0.2, 0.25) is 0 Å². The van der Waals surface area contributed by atoms with Gasteiger partial charge in [-0.05, 0) is 35.4 Å². The van der Waals surface area contributed by atoms with Gasteiger partial charge in [0.2, 0.25) is 0 Å². The Morgan fingerprint density at radius 3 is 2.12 bits per heavy atom. The number of nitrogens with zero attached hydrogens (tertiary/aromatic N) is 2. The molecule has 24 heavy (non-hydrogen) atoms. The molecule has 0 aromatic heterocycles. The van der Waals surface area contributed by atoms with E-state index in [2.05, 4.69) is 6.19 Å². The third kappa shape index (κ3) is 3.69. The standard InChI is InChI=1S/C18H18N2O3S/c1-24(21,22)18-8-4-16(5-9-18)15-2-6-17(7-3-15)23-12-14-10-20(11-14)13-19/h2-9,14H,10-12H2,1H3. The van der Waals surface area contributed by atoms with Gasteiger partial charge in [0.05, 0.1) is 11.5 Å². The zero-order valence-electron chi connectivity index (χ0n) is 13.3. The van der Waals surface area contributed by atoms with Crippen LogP contribution in [0.3, 0.4) is 0 Å². The van der Waals surface area contributed by atoms with Gasteiger partial charge in [0.1, 0.15) is 5.75 Å². The molecule has 2 aromatic carbocycles. The van der Waals surface area contributed by atoms with Crippen molar-refractivity contribution in [2.75, 3.05) is 26.0 Å². The molecule has 6 heteroatoms. The van der Waals surface area contributed by atoms with E-state index in [9.17, 15) is 8.42 Å². The molecule has 0 bridgehead atoms. The quantitative estimate of drug-likeness (QED) is 0.781. The number of sulfone groups is 1. The molecule has 1 aliphatic rings. The van der Waals surface area contributed by atoms with Gasteiger partial charge < -0.3 is 9.64 Å². The molecule has 0 atom stereocenters. The van der Waals surface area contributed by atoms with Gasteiger partial charge in [-0.3, -0.25) is 0 Å². The Morgan fingerprint density at radius 2 is 1.62 bits per heavy atom. The SMILES string of the molecule is CS(=O)(=O)c1ccc(-c2ccc(OCC3CN(C#N)C3)cc2)cc1. The number of rotatable bonds is 5. The van der Waals surface area contributed by atoms with Gasteiger partial charge in [0.15, 0.2) is 16.0 Å². The summed E-state index contributed by atoms with van der Waals surface area (Å²) in [5, 5.41) is 8.69. The highest BCUT2D eigenvalue weighted by Crippen LogP contribution is 2.24. The highest BCUT2D eigenvalue weighted by Gasteiger charge is 2.26. The molecule has 3 rings (SSSR count). The first-order valence-corrected chi connectivity index (χ1v) is 9.53. The molecule has 0 radical (unpaired) electrons. The molecular formula is C18H18N2O3S. The fourth-order valence-electron chi connectivity index (χ4n) is 2.61. The maximum atomic E-state index is 11.5. The summed E-state index contributed by atoms with van der Waals surface area (Å²) in [7, 11) is -3.17. The zero-order chi connectivity index (χ0) is 17.2. The van der Waals surface area contributed by atoms with Crippen molar-refractivity contribution in [1.29, 1.82) is 5.26 Å². The van der Waals surface area contributed by atoms with E-state index in [4.69, 9.17) is 10.00 Å². The lowest BCUT2D eigenvalue weighted by Gasteiger charge is -2.34. The first kappa shape index (κ1) is 16.3. The summed E-state index contributed by atoms with van der Waals surface area (Å²) in [6.45, 7) is 2.14. The lowest BCUT2D eigenvalue weighted by atomic mass is 10.0. The molecule has 0 N–H and O–H groups in total. The summed E-state index contributed by atoms with van der Waals surface area (Å²) in [5.74, 6) is 1.20. The van der Waals surface area contributed by atoms with Crippen LogP contribution < -0.4 is 4.74 Å². The Morgan fingerprint density at radius 1 is 1.08 bits per heavy atom. The Bertz CT molecular complexity index is 847. The fourth-order valence-corrected chi connectivity index (χ4v) is 3.24. The topological polar surface area (TPSA) is 70.4 Å². The van der Waals surface area contributed by atoms with E-state index in [1.165, 1.54) is 6.26 Å². The first-order chi connectivity index (χ1) is 11.5. The highest BCUT2D eigenvalue weighted by atomic mass is 32.2. The molecule has 124 valence electrons. The largest absolute Gasteiger partial charge is 0.493 e. The molecule has 1 fully saturated rings. The molecule has 0 amide bonds. The lowest BCUT2D eigenvalue weighted by molar-refractivity contribution is 0.110. The molecule has 1 aliphatic heterocycles. The second kappa shape index (κ2) is 6.54. The van der Waals surface area contributed by atoms with Crippen molar-refractivity contribution >= 4 is 9.84 Å². The predicted octanol–water partition coefficient (Wildman–Crippen LogP) is 2.55. The van der Waals surface area contributed by atoms with E-state index in [0.29, 0.717) is 17.4 Å². The normalized spacial score (nSPS) is 14.8. The molecule has 1 heterocycles. The summed E-state index contributed by atoms with van der Waals surface area (Å²) in [4.78, 5) is 2.02. The molecular weight excluding hydrogens is 324 g/mol. The third-order valence-electron chi connectivity index (χ3n) is 4.05. The molecule has 0 unspecified atom stereocenters. The Labute approximate surface area is 142 Å². The Hall–Kier alpha value is -2.52. The smallest absolute Gasteiger partial charge is 0.179 e. The molecule has 1 saturated heterocycles. The predicted molar refractivity (Wildman–Crippen MR) is 91.2 cm³/mol. The van der Waals surface area contributed by atoms with Crippen LogP contribution in [0.15, 0.2) is 53.4 Å². The first-order valence-electron chi connectivity index (χ1n) is 7.64. The summed E-state index contributed by atoms with van der Waals surface area (Å²) >= 11 is 0. The summed E-state index contributed by atoms with van der Waals surface area (Å²) < 4.78 is 28.7. The lowest BCUT2D eigenvalue weighted by Crippen LogP contribution is -2.46. The van der Waals surface area contributed by atoms with E-state index in [1.54, 1.807) is 29.2 Å². The molecule has 2 aromatic rings. The third-order valence-corrected chi connectivity index (χ3v) is 5.18. The number of ether oxygens (including phenoxy) is 1. The van der Waals surface area contributed by atoms with Gasteiger partial charge in [-0.1, -0.05) is 24.3 Å². The Kier molecular flexibility index (Phi) is 4.45. The van der Waals surface area contributed by atoms with E-state index in [0.717, 1.165) is 30.0 Å². The number of benzene rings is 2. The second-order valence-corrected chi connectivity index (χ2v) is 8.02. The van der Waals surface area contributed by atoms with Crippen LogP contribution >= 0.6 is 0 Å². The van der Waals surface area contributed by atoms with Crippen molar-refractivity contribution in [2.45, 2.75) is 4.90 Å². The van der Waals surface area contributed by atoms with Crippen LogP contribution in [-0.4, -0.2) is 39.3 Å². The molecule has 5 nitrogen and oxygen atoms in total. The zero-order valence-corrected chi connectivity index (χ0v) is 14.2.